The van der Waals surface area contributed by atoms with Crippen LogP contribution in [-0.2, 0) is 0 Å². The van der Waals surface area contributed by atoms with Gasteiger partial charge in [0, 0.05) is 16.2 Å². The maximum atomic E-state index is 12.2. The molecule has 0 heterocycles. The van der Waals surface area contributed by atoms with E-state index in [0.29, 0.717) is 27.7 Å². The van der Waals surface area contributed by atoms with Crippen LogP contribution in [0.2, 0.25) is 5.02 Å². The minimum Gasteiger partial charge on any atom is -0.497 e. The van der Waals surface area contributed by atoms with Crippen molar-refractivity contribution < 1.29 is 9.53 Å². The zero-order valence-electron chi connectivity index (χ0n) is 10.6. The third-order valence-corrected chi connectivity index (χ3v) is 3.50. The standard InChI is InChI=1S/C14H12BrClN2O2/c1-20-9-3-4-10(12(17)7-9)14(19)18-13-6-8(15)2-5-11(13)16/h2-7H,17H2,1H3,(H,18,19). The smallest absolute Gasteiger partial charge is 0.257 e. The van der Waals surface area contributed by atoms with Crippen LogP contribution in [0.4, 0.5) is 11.4 Å². The summed E-state index contributed by atoms with van der Waals surface area (Å²) in [5, 5.41) is 3.18. The molecule has 1 amide bonds. The van der Waals surface area contributed by atoms with Crippen molar-refractivity contribution >= 4 is 44.8 Å². The van der Waals surface area contributed by atoms with Crippen LogP contribution in [0, 0.1) is 0 Å². The molecule has 2 aromatic rings. The predicted octanol–water partition coefficient (Wildman–Crippen LogP) is 3.95. The second-order valence-electron chi connectivity index (χ2n) is 4.03. The van der Waals surface area contributed by atoms with Crippen LogP contribution < -0.4 is 15.8 Å². The van der Waals surface area contributed by atoms with Gasteiger partial charge < -0.3 is 15.8 Å². The highest BCUT2D eigenvalue weighted by Crippen LogP contribution is 2.27. The Labute approximate surface area is 130 Å². The quantitative estimate of drug-likeness (QED) is 0.820. The number of halogens is 2. The van der Waals surface area contributed by atoms with Crippen molar-refractivity contribution in [3.8, 4) is 5.75 Å². The summed E-state index contributed by atoms with van der Waals surface area (Å²) in [6.07, 6.45) is 0. The van der Waals surface area contributed by atoms with E-state index < -0.39 is 0 Å². The normalized spacial score (nSPS) is 10.2. The van der Waals surface area contributed by atoms with Gasteiger partial charge in [-0.05, 0) is 30.3 Å². The molecule has 0 aliphatic rings. The number of nitrogens with two attached hydrogens (primary N) is 1. The van der Waals surface area contributed by atoms with Gasteiger partial charge in [0.15, 0.2) is 0 Å². The highest BCUT2D eigenvalue weighted by Gasteiger charge is 2.12. The van der Waals surface area contributed by atoms with E-state index in [4.69, 9.17) is 22.1 Å². The first-order chi connectivity index (χ1) is 9.51. The monoisotopic (exact) mass is 354 g/mol. The molecule has 0 spiro atoms. The highest BCUT2D eigenvalue weighted by atomic mass is 79.9. The lowest BCUT2D eigenvalue weighted by atomic mass is 10.1. The summed E-state index contributed by atoms with van der Waals surface area (Å²) in [5.74, 6) is 0.268. The molecule has 0 bridgehead atoms. The van der Waals surface area contributed by atoms with Gasteiger partial charge in [-0.15, -0.1) is 0 Å². The lowest BCUT2D eigenvalue weighted by molar-refractivity contribution is 0.102. The number of methoxy groups -OCH3 is 1. The van der Waals surface area contributed by atoms with Gasteiger partial charge in [0.25, 0.3) is 5.91 Å². The van der Waals surface area contributed by atoms with Gasteiger partial charge in [-0.25, -0.2) is 0 Å². The molecule has 20 heavy (non-hydrogen) atoms. The summed E-state index contributed by atoms with van der Waals surface area (Å²) < 4.78 is 5.86. The largest absolute Gasteiger partial charge is 0.497 e. The van der Waals surface area contributed by atoms with Gasteiger partial charge >= 0.3 is 0 Å². The molecule has 6 heteroatoms. The number of carbonyl (C=O) groups is 1. The van der Waals surface area contributed by atoms with Crippen molar-refractivity contribution in [3.05, 3.63) is 51.5 Å². The molecule has 0 saturated heterocycles. The van der Waals surface area contributed by atoms with Crippen LogP contribution >= 0.6 is 27.5 Å². The Morgan fingerprint density at radius 1 is 1.30 bits per heavy atom. The van der Waals surface area contributed by atoms with Gasteiger partial charge in [-0.1, -0.05) is 27.5 Å². The Morgan fingerprint density at radius 3 is 2.70 bits per heavy atom. The number of benzene rings is 2. The van der Waals surface area contributed by atoms with E-state index in [2.05, 4.69) is 21.2 Å². The van der Waals surface area contributed by atoms with E-state index in [1.54, 1.807) is 36.4 Å². The molecule has 0 saturated carbocycles. The molecule has 3 N–H and O–H groups in total. The second-order valence-corrected chi connectivity index (χ2v) is 5.35. The van der Waals surface area contributed by atoms with Gasteiger partial charge in [0.2, 0.25) is 0 Å². The molecule has 0 atom stereocenters. The number of amides is 1. The highest BCUT2D eigenvalue weighted by molar-refractivity contribution is 9.10. The number of hydrogen-bond acceptors (Lipinski definition) is 3. The van der Waals surface area contributed by atoms with Crippen molar-refractivity contribution in [3.63, 3.8) is 0 Å². The summed E-state index contributed by atoms with van der Waals surface area (Å²) in [7, 11) is 1.54. The molecule has 0 unspecified atom stereocenters. The summed E-state index contributed by atoms with van der Waals surface area (Å²) in [6.45, 7) is 0. The zero-order chi connectivity index (χ0) is 14.7. The average Bonchev–Trinajstić information content (AvgIpc) is 2.42. The van der Waals surface area contributed by atoms with Gasteiger partial charge in [-0.3, -0.25) is 4.79 Å². The number of nitrogen functional groups attached to an aromatic ring is 1. The maximum absolute atomic E-state index is 12.2. The molecule has 0 aromatic heterocycles. The fourth-order valence-corrected chi connectivity index (χ4v) is 2.18. The first kappa shape index (κ1) is 14.7. The Balaban J connectivity index is 2.26. The fraction of sp³-hybridized carbons (Fsp3) is 0.0714. The van der Waals surface area contributed by atoms with E-state index in [1.807, 2.05) is 0 Å². The SMILES string of the molecule is COc1ccc(C(=O)Nc2cc(Br)ccc2Cl)c(N)c1. The van der Waals surface area contributed by atoms with Crippen molar-refractivity contribution in [1.82, 2.24) is 0 Å². The topological polar surface area (TPSA) is 64.3 Å². The number of hydrogen-bond donors (Lipinski definition) is 2. The fourth-order valence-electron chi connectivity index (χ4n) is 1.66. The molecule has 4 nitrogen and oxygen atoms in total. The maximum Gasteiger partial charge on any atom is 0.257 e. The number of anilines is 2. The van der Waals surface area contributed by atoms with Crippen LogP contribution in [-0.4, -0.2) is 13.0 Å². The van der Waals surface area contributed by atoms with Crippen LogP contribution in [0.5, 0.6) is 5.75 Å². The minimum atomic E-state index is -0.329. The van der Waals surface area contributed by atoms with E-state index >= 15 is 0 Å². The van der Waals surface area contributed by atoms with Crippen LogP contribution in [0.1, 0.15) is 10.4 Å². The molecular formula is C14H12BrClN2O2. The molecule has 2 aromatic carbocycles. The summed E-state index contributed by atoms with van der Waals surface area (Å²) in [4.78, 5) is 12.2. The van der Waals surface area contributed by atoms with Crippen LogP contribution in [0.15, 0.2) is 40.9 Å². The van der Waals surface area contributed by atoms with Crippen molar-refractivity contribution in [2.24, 2.45) is 0 Å². The zero-order valence-corrected chi connectivity index (χ0v) is 13.0. The molecular weight excluding hydrogens is 344 g/mol. The summed E-state index contributed by atoms with van der Waals surface area (Å²) in [6, 6.07) is 10.1. The van der Waals surface area contributed by atoms with Gasteiger partial charge in [0.05, 0.1) is 23.4 Å². The first-order valence-corrected chi connectivity index (χ1v) is 6.88. The molecule has 0 aliphatic heterocycles. The Bertz CT molecular complexity index is 662. The first-order valence-electron chi connectivity index (χ1n) is 5.71. The predicted molar refractivity (Wildman–Crippen MR) is 84.5 cm³/mol. The number of nitrogens with one attached hydrogen (secondary N) is 1. The van der Waals surface area contributed by atoms with Crippen LogP contribution in [0.3, 0.4) is 0 Å². The number of rotatable bonds is 3. The van der Waals surface area contributed by atoms with Crippen molar-refractivity contribution in [1.29, 1.82) is 0 Å². The van der Waals surface area contributed by atoms with Crippen molar-refractivity contribution in [2.75, 3.05) is 18.2 Å². The van der Waals surface area contributed by atoms with Gasteiger partial charge in [0.1, 0.15) is 5.75 Å². The molecule has 0 radical (unpaired) electrons. The number of ether oxygens (including phenoxy) is 1. The Morgan fingerprint density at radius 2 is 2.05 bits per heavy atom. The van der Waals surface area contributed by atoms with Crippen LogP contribution in [0.25, 0.3) is 0 Å². The van der Waals surface area contributed by atoms with E-state index in [1.165, 1.54) is 7.11 Å². The Hall–Kier alpha value is -1.72. The van der Waals surface area contributed by atoms with E-state index in [9.17, 15) is 4.79 Å². The molecule has 104 valence electrons. The Kier molecular flexibility index (Phi) is 4.52. The number of carbonyl (C=O) groups excluding carboxylic acids is 1. The molecule has 0 aliphatic carbocycles. The second kappa shape index (κ2) is 6.15. The van der Waals surface area contributed by atoms with Crippen molar-refractivity contribution in [2.45, 2.75) is 0 Å². The molecule has 2 rings (SSSR count). The average molecular weight is 356 g/mol. The minimum absolute atomic E-state index is 0.329. The van der Waals surface area contributed by atoms with E-state index in [0.717, 1.165) is 4.47 Å². The third-order valence-electron chi connectivity index (χ3n) is 2.68. The van der Waals surface area contributed by atoms with Gasteiger partial charge in [-0.2, -0.15) is 0 Å². The lowest BCUT2D eigenvalue weighted by Gasteiger charge is -2.10. The lowest BCUT2D eigenvalue weighted by Crippen LogP contribution is -2.14. The summed E-state index contributed by atoms with van der Waals surface area (Å²) >= 11 is 9.35. The molecule has 0 fully saturated rings. The third kappa shape index (κ3) is 3.23. The van der Waals surface area contributed by atoms with E-state index in [-0.39, 0.29) is 5.91 Å². The summed E-state index contributed by atoms with van der Waals surface area (Å²) in [5.41, 5.74) is 7.05.